The molecule has 1 aromatic carbocycles. The maximum atomic E-state index is 12.9. The molecule has 0 saturated carbocycles. The summed E-state index contributed by atoms with van der Waals surface area (Å²) in [6.45, 7) is 7.64. The molecule has 0 aliphatic carbocycles. The number of hydrogen-bond acceptors (Lipinski definition) is 3. The molecule has 5 heteroatoms. The van der Waals surface area contributed by atoms with E-state index in [0.29, 0.717) is 32.7 Å². The number of rotatable bonds is 4. The van der Waals surface area contributed by atoms with E-state index >= 15 is 0 Å². The molecular weight excluding hydrogens is 338 g/mol. The number of carbonyl (C=O) groups excluding carboxylic acids is 1. The zero-order valence-corrected chi connectivity index (χ0v) is 16.0. The molecule has 3 rings (SSSR count). The van der Waals surface area contributed by atoms with Crippen molar-refractivity contribution in [1.82, 2.24) is 4.90 Å². The molecule has 0 bridgehead atoms. The minimum atomic E-state index is -0.285. The van der Waals surface area contributed by atoms with E-state index in [1.54, 1.807) is 0 Å². The van der Waals surface area contributed by atoms with Gasteiger partial charge in [-0.1, -0.05) is 37.6 Å². The fraction of sp³-hybridized carbons (Fsp3) is 0.650. The van der Waals surface area contributed by atoms with E-state index in [-0.39, 0.29) is 16.9 Å². The highest BCUT2D eigenvalue weighted by Gasteiger charge is 2.40. The van der Waals surface area contributed by atoms with Gasteiger partial charge in [-0.05, 0) is 42.4 Å². The molecule has 1 spiro atoms. The SMILES string of the molecule is CC(C)(CC(=O)N1CCOC2(CCCOC2)C1)Cc1ccc(Cl)cc1. The molecule has 2 saturated heterocycles. The predicted molar refractivity (Wildman–Crippen MR) is 98.9 cm³/mol. The molecule has 2 fully saturated rings. The van der Waals surface area contributed by atoms with Gasteiger partial charge in [-0.25, -0.2) is 0 Å². The van der Waals surface area contributed by atoms with Crippen molar-refractivity contribution in [3.8, 4) is 0 Å². The number of benzene rings is 1. The number of carbonyl (C=O) groups is 1. The van der Waals surface area contributed by atoms with Gasteiger partial charge < -0.3 is 14.4 Å². The Bertz CT molecular complexity index is 588. The summed E-state index contributed by atoms with van der Waals surface area (Å²) in [4.78, 5) is 14.9. The lowest BCUT2D eigenvalue weighted by atomic mass is 9.82. The topological polar surface area (TPSA) is 38.8 Å². The molecule has 1 unspecified atom stereocenters. The molecule has 1 atom stereocenters. The van der Waals surface area contributed by atoms with Crippen LogP contribution in [0, 0.1) is 5.41 Å². The predicted octanol–water partition coefficient (Wildman–Crippen LogP) is 3.71. The molecule has 0 N–H and O–H groups in total. The third kappa shape index (κ3) is 4.96. The first kappa shape index (κ1) is 18.7. The second-order valence-electron chi connectivity index (χ2n) is 8.15. The average Bonchev–Trinajstić information content (AvgIpc) is 2.57. The minimum absolute atomic E-state index is 0.0978. The third-order valence-corrected chi connectivity index (χ3v) is 5.37. The lowest BCUT2D eigenvalue weighted by molar-refractivity contribution is -0.177. The molecule has 25 heavy (non-hydrogen) atoms. The van der Waals surface area contributed by atoms with Crippen LogP contribution in [-0.2, 0) is 20.7 Å². The summed E-state index contributed by atoms with van der Waals surface area (Å²) in [5, 5.41) is 0.742. The highest BCUT2D eigenvalue weighted by molar-refractivity contribution is 6.30. The van der Waals surface area contributed by atoms with Crippen LogP contribution in [0.5, 0.6) is 0 Å². The van der Waals surface area contributed by atoms with Crippen molar-refractivity contribution >= 4 is 17.5 Å². The zero-order chi connectivity index (χ0) is 17.9. The molecule has 2 aliphatic heterocycles. The van der Waals surface area contributed by atoms with Crippen LogP contribution in [0.2, 0.25) is 5.02 Å². The van der Waals surface area contributed by atoms with Gasteiger partial charge in [0.1, 0.15) is 5.60 Å². The highest BCUT2D eigenvalue weighted by Crippen LogP contribution is 2.31. The summed E-state index contributed by atoms with van der Waals surface area (Å²) in [6, 6.07) is 7.89. The molecule has 0 radical (unpaired) electrons. The van der Waals surface area contributed by atoms with Crippen molar-refractivity contribution < 1.29 is 14.3 Å². The first-order valence-electron chi connectivity index (χ1n) is 9.12. The lowest BCUT2D eigenvalue weighted by Gasteiger charge is -2.45. The van der Waals surface area contributed by atoms with Crippen LogP contribution in [0.1, 0.15) is 38.7 Å². The Morgan fingerprint density at radius 3 is 2.72 bits per heavy atom. The van der Waals surface area contributed by atoms with Gasteiger partial charge in [0.15, 0.2) is 0 Å². The highest BCUT2D eigenvalue weighted by atomic mass is 35.5. The number of hydrogen-bond donors (Lipinski definition) is 0. The van der Waals surface area contributed by atoms with E-state index in [2.05, 4.69) is 13.8 Å². The van der Waals surface area contributed by atoms with Crippen LogP contribution < -0.4 is 0 Å². The third-order valence-electron chi connectivity index (χ3n) is 5.11. The van der Waals surface area contributed by atoms with Crippen LogP contribution in [0.3, 0.4) is 0 Å². The summed E-state index contributed by atoms with van der Waals surface area (Å²) in [5.41, 5.74) is 0.827. The molecule has 138 valence electrons. The van der Waals surface area contributed by atoms with E-state index < -0.39 is 0 Å². The van der Waals surface area contributed by atoms with Crippen molar-refractivity contribution in [3.63, 3.8) is 0 Å². The number of nitrogens with zero attached hydrogens (tertiary/aromatic N) is 1. The largest absolute Gasteiger partial charge is 0.378 e. The number of morpholine rings is 1. The summed E-state index contributed by atoms with van der Waals surface area (Å²) in [5.74, 6) is 0.215. The molecule has 0 aromatic heterocycles. The Balaban J connectivity index is 1.59. The molecule has 4 nitrogen and oxygen atoms in total. The van der Waals surface area contributed by atoms with Crippen LogP contribution in [-0.4, -0.2) is 49.3 Å². The standard InChI is InChI=1S/C20H28ClNO3/c1-19(2,12-16-4-6-17(21)7-5-16)13-18(23)22-9-11-25-20(14-22)8-3-10-24-15-20/h4-7H,3,8-15H2,1-2H3. The Kier molecular flexibility index (Phi) is 5.71. The normalized spacial score (nSPS) is 24.5. The van der Waals surface area contributed by atoms with E-state index in [9.17, 15) is 4.79 Å². The Hall–Kier alpha value is -1.10. The number of ether oxygens (including phenoxy) is 2. The second kappa shape index (κ2) is 7.65. The Morgan fingerprint density at radius 1 is 1.28 bits per heavy atom. The van der Waals surface area contributed by atoms with Crippen molar-refractivity contribution in [2.45, 2.75) is 45.1 Å². The first-order valence-corrected chi connectivity index (χ1v) is 9.49. The van der Waals surface area contributed by atoms with Gasteiger partial charge in [-0.3, -0.25) is 4.79 Å². The Morgan fingerprint density at radius 2 is 2.04 bits per heavy atom. The quantitative estimate of drug-likeness (QED) is 0.816. The molecule has 1 amide bonds. The summed E-state index contributed by atoms with van der Waals surface area (Å²) < 4.78 is 11.6. The number of amides is 1. The fourth-order valence-corrected chi connectivity index (χ4v) is 3.99. The summed E-state index contributed by atoms with van der Waals surface area (Å²) in [6.07, 6.45) is 3.37. The maximum Gasteiger partial charge on any atom is 0.223 e. The van der Waals surface area contributed by atoms with Crippen LogP contribution >= 0.6 is 11.6 Å². The Labute approximate surface area is 155 Å². The number of halogens is 1. The van der Waals surface area contributed by atoms with Crippen molar-refractivity contribution in [3.05, 3.63) is 34.9 Å². The first-order chi connectivity index (χ1) is 11.9. The summed E-state index contributed by atoms with van der Waals surface area (Å²) >= 11 is 5.96. The second-order valence-corrected chi connectivity index (χ2v) is 8.58. The van der Waals surface area contributed by atoms with Crippen LogP contribution in [0.15, 0.2) is 24.3 Å². The van der Waals surface area contributed by atoms with Gasteiger partial charge in [0, 0.05) is 24.6 Å². The van der Waals surface area contributed by atoms with Gasteiger partial charge in [-0.2, -0.15) is 0 Å². The zero-order valence-electron chi connectivity index (χ0n) is 15.2. The summed E-state index contributed by atoms with van der Waals surface area (Å²) in [7, 11) is 0. The van der Waals surface area contributed by atoms with Gasteiger partial charge in [0.2, 0.25) is 5.91 Å². The van der Waals surface area contributed by atoms with Gasteiger partial charge >= 0.3 is 0 Å². The average molecular weight is 366 g/mol. The minimum Gasteiger partial charge on any atom is -0.378 e. The van der Waals surface area contributed by atoms with Crippen LogP contribution in [0.4, 0.5) is 0 Å². The van der Waals surface area contributed by atoms with E-state index in [0.717, 1.165) is 30.9 Å². The molecule has 2 aliphatic rings. The van der Waals surface area contributed by atoms with Crippen molar-refractivity contribution in [2.75, 3.05) is 32.9 Å². The van der Waals surface area contributed by atoms with Gasteiger partial charge in [-0.15, -0.1) is 0 Å². The smallest absolute Gasteiger partial charge is 0.223 e. The van der Waals surface area contributed by atoms with Crippen molar-refractivity contribution in [1.29, 1.82) is 0 Å². The monoisotopic (exact) mass is 365 g/mol. The molecule has 2 heterocycles. The van der Waals surface area contributed by atoms with E-state index in [1.165, 1.54) is 5.56 Å². The lowest BCUT2D eigenvalue weighted by Crippen LogP contribution is -2.57. The molecular formula is C20H28ClNO3. The maximum absolute atomic E-state index is 12.9. The van der Waals surface area contributed by atoms with E-state index in [4.69, 9.17) is 21.1 Å². The van der Waals surface area contributed by atoms with E-state index in [1.807, 2.05) is 29.2 Å². The fourth-order valence-electron chi connectivity index (χ4n) is 3.86. The van der Waals surface area contributed by atoms with Crippen LogP contribution in [0.25, 0.3) is 0 Å². The van der Waals surface area contributed by atoms with Crippen molar-refractivity contribution in [2.24, 2.45) is 5.41 Å². The van der Waals surface area contributed by atoms with Gasteiger partial charge in [0.25, 0.3) is 0 Å². The molecule has 1 aromatic rings. The van der Waals surface area contributed by atoms with Gasteiger partial charge in [0.05, 0.1) is 19.8 Å².